The zero-order chi connectivity index (χ0) is 17.4. The molecule has 2 aromatic rings. The van der Waals surface area contributed by atoms with Crippen molar-refractivity contribution < 1.29 is 4.79 Å². The summed E-state index contributed by atoms with van der Waals surface area (Å²) in [5, 5.41) is 4.53. The van der Waals surface area contributed by atoms with Gasteiger partial charge in [-0.05, 0) is 25.0 Å². The summed E-state index contributed by atoms with van der Waals surface area (Å²) in [5.41, 5.74) is 4.25. The highest BCUT2D eigenvalue weighted by Crippen LogP contribution is 2.30. The topological polar surface area (TPSA) is 70.0 Å². The molecule has 2 aliphatic heterocycles. The van der Waals surface area contributed by atoms with Crippen LogP contribution in [-0.2, 0) is 0 Å². The lowest BCUT2D eigenvalue weighted by molar-refractivity contribution is 0.0771. The van der Waals surface area contributed by atoms with Gasteiger partial charge in [0.2, 0.25) is 0 Å². The van der Waals surface area contributed by atoms with Crippen LogP contribution < -0.4 is 5.43 Å². The van der Waals surface area contributed by atoms with Crippen LogP contribution in [0.1, 0.15) is 28.1 Å². The second-order valence-corrected chi connectivity index (χ2v) is 7.63. The fraction of sp³-hybridized carbons (Fsp3) is 0.250. The molecule has 0 aliphatic carbocycles. The van der Waals surface area contributed by atoms with Crippen molar-refractivity contribution in [3.63, 3.8) is 0 Å². The first-order valence-electron chi connectivity index (χ1n) is 7.73. The van der Waals surface area contributed by atoms with Gasteiger partial charge in [0, 0.05) is 6.54 Å². The van der Waals surface area contributed by atoms with Gasteiger partial charge in [-0.15, -0.1) is 0 Å². The average molecular weight is 394 g/mol. The third-order valence-electron chi connectivity index (χ3n) is 4.15. The highest BCUT2D eigenvalue weighted by atomic mass is 35.5. The third kappa shape index (κ3) is 3.15. The zero-order valence-corrected chi connectivity index (χ0v) is 15.3. The first kappa shape index (κ1) is 16.5. The van der Waals surface area contributed by atoms with Gasteiger partial charge in [-0.25, -0.2) is 9.98 Å². The van der Waals surface area contributed by atoms with E-state index in [1.54, 1.807) is 6.21 Å². The lowest BCUT2D eigenvalue weighted by Gasteiger charge is -2.23. The Morgan fingerprint density at radius 3 is 3.00 bits per heavy atom. The summed E-state index contributed by atoms with van der Waals surface area (Å²) in [4.78, 5) is 23.8. The van der Waals surface area contributed by atoms with Crippen molar-refractivity contribution in [1.82, 2.24) is 15.3 Å². The predicted octanol–water partition coefficient (Wildman–Crippen LogP) is 3.72. The fourth-order valence-electron chi connectivity index (χ4n) is 3.03. The number of benzene rings is 1. The lowest BCUT2D eigenvalue weighted by Crippen LogP contribution is -2.43. The molecule has 4 rings (SSSR count). The van der Waals surface area contributed by atoms with E-state index < -0.39 is 0 Å². The number of carbonyl (C=O) groups excluding carboxylic acids is 1. The summed E-state index contributed by atoms with van der Waals surface area (Å²) >= 11 is 13.1. The standard InChI is InChI=1S/C16H13Cl2N5OS/c17-13-12(25-16(18)21-13)8-19-22-14-11-6-3-7-23(11)15(24)9-4-1-2-5-10(9)20-14/h1-2,4-5,8,11H,3,6-7H2,(H,20,22)/t11-/m0/s1. The van der Waals surface area contributed by atoms with Crippen LogP contribution in [0.5, 0.6) is 0 Å². The van der Waals surface area contributed by atoms with Gasteiger partial charge in [0.25, 0.3) is 5.91 Å². The van der Waals surface area contributed by atoms with Gasteiger partial charge in [0.05, 0.1) is 28.4 Å². The predicted molar refractivity (Wildman–Crippen MR) is 100 cm³/mol. The van der Waals surface area contributed by atoms with Crippen LogP contribution in [-0.4, -0.2) is 40.4 Å². The highest BCUT2D eigenvalue weighted by Gasteiger charge is 2.36. The molecule has 9 heteroatoms. The SMILES string of the molecule is O=C1c2ccccc2N=C(NN=Cc2sc(Cl)nc2Cl)[C@@H]2CCCN12. The fourth-order valence-corrected chi connectivity index (χ4v) is 4.26. The summed E-state index contributed by atoms with van der Waals surface area (Å²) in [5.74, 6) is 0.665. The van der Waals surface area contributed by atoms with Crippen LogP contribution in [0.2, 0.25) is 9.62 Å². The zero-order valence-electron chi connectivity index (χ0n) is 12.9. The largest absolute Gasteiger partial charge is 0.328 e. The lowest BCUT2D eigenvalue weighted by atomic mass is 10.1. The summed E-state index contributed by atoms with van der Waals surface area (Å²) in [6.45, 7) is 0.721. The molecule has 2 aliphatic rings. The van der Waals surface area contributed by atoms with E-state index in [0.717, 1.165) is 19.4 Å². The number of amides is 1. The quantitative estimate of drug-likeness (QED) is 0.624. The maximum Gasteiger partial charge on any atom is 0.256 e. The third-order valence-corrected chi connectivity index (χ3v) is 5.64. The first-order valence-corrected chi connectivity index (χ1v) is 9.30. The van der Waals surface area contributed by atoms with Crippen molar-refractivity contribution in [3.05, 3.63) is 44.3 Å². The van der Waals surface area contributed by atoms with E-state index in [1.807, 2.05) is 29.2 Å². The van der Waals surface area contributed by atoms with E-state index in [4.69, 9.17) is 23.2 Å². The summed E-state index contributed by atoms with van der Waals surface area (Å²) < 4.78 is 0.361. The number of hydrogen-bond acceptors (Lipinski definition) is 6. The minimum atomic E-state index is -0.0995. The van der Waals surface area contributed by atoms with Gasteiger partial charge in [-0.1, -0.05) is 46.7 Å². The molecular weight excluding hydrogens is 381 g/mol. The van der Waals surface area contributed by atoms with Crippen molar-refractivity contribution >= 4 is 58.2 Å². The molecule has 0 saturated carbocycles. The number of thiazole rings is 1. The van der Waals surface area contributed by atoms with E-state index in [2.05, 4.69) is 20.5 Å². The van der Waals surface area contributed by atoms with E-state index in [-0.39, 0.29) is 11.9 Å². The maximum atomic E-state index is 12.8. The molecule has 3 heterocycles. The van der Waals surface area contributed by atoms with Gasteiger partial charge >= 0.3 is 0 Å². The van der Waals surface area contributed by atoms with Crippen molar-refractivity contribution in [2.75, 3.05) is 6.54 Å². The highest BCUT2D eigenvalue weighted by molar-refractivity contribution is 7.17. The Kier molecular flexibility index (Phi) is 4.45. The monoisotopic (exact) mass is 393 g/mol. The van der Waals surface area contributed by atoms with E-state index >= 15 is 0 Å². The molecule has 1 fully saturated rings. The minimum Gasteiger partial charge on any atom is -0.328 e. The van der Waals surface area contributed by atoms with Gasteiger partial charge < -0.3 is 4.90 Å². The molecule has 1 N–H and O–H groups in total. The molecule has 1 saturated heterocycles. The van der Waals surface area contributed by atoms with E-state index in [0.29, 0.717) is 31.6 Å². The molecule has 1 aromatic carbocycles. The molecule has 25 heavy (non-hydrogen) atoms. The van der Waals surface area contributed by atoms with Crippen molar-refractivity contribution in [3.8, 4) is 0 Å². The number of nitrogens with one attached hydrogen (secondary N) is 1. The molecule has 0 bridgehead atoms. The second kappa shape index (κ2) is 6.74. The summed E-state index contributed by atoms with van der Waals surface area (Å²) in [6, 6.07) is 7.26. The molecule has 0 unspecified atom stereocenters. The smallest absolute Gasteiger partial charge is 0.256 e. The normalized spacial score (nSPS) is 19.6. The number of halogens is 2. The maximum absolute atomic E-state index is 12.8. The molecular formula is C16H13Cl2N5OS. The number of para-hydroxylation sites is 1. The number of aliphatic imine (C=N–C) groups is 1. The van der Waals surface area contributed by atoms with Crippen LogP contribution in [0.3, 0.4) is 0 Å². The van der Waals surface area contributed by atoms with Crippen LogP contribution in [0, 0.1) is 0 Å². The van der Waals surface area contributed by atoms with Crippen molar-refractivity contribution in [1.29, 1.82) is 0 Å². The molecule has 128 valence electrons. The minimum absolute atomic E-state index is 0.0138. The van der Waals surface area contributed by atoms with Crippen molar-refractivity contribution in [2.24, 2.45) is 10.1 Å². The van der Waals surface area contributed by atoms with Crippen LogP contribution in [0.15, 0.2) is 34.4 Å². The Balaban J connectivity index is 1.64. The Hall–Kier alpha value is -1.96. The second-order valence-electron chi connectivity index (χ2n) is 5.66. The van der Waals surface area contributed by atoms with Crippen LogP contribution in [0.4, 0.5) is 5.69 Å². The van der Waals surface area contributed by atoms with E-state index in [9.17, 15) is 4.79 Å². The summed E-state index contributed by atoms with van der Waals surface area (Å²) in [6.07, 6.45) is 3.36. The summed E-state index contributed by atoms with van der Waals surface area (Å²) in [7, 11) is 0. The molecule has 6 nitrogen and oxygen atoms in total. The number of hydrogen-bond donors (Lipinski definition) is 1. The number of carbonyl (C=O) groups is 1. The number of fused-ring (bicyclic) bond motifs is 2. The Labute approximate surface area is 158 Å². The molecule has 1 amide bonds. The Bertz CT molecular complexity index is 894. The Morgan fingerprint density at radius 2 is 2.20 bits per heavy atom. The number of aromatic nitrogens is 1. The van der Waals surface area contributed by atoms with Gasteiger partial charge in [-0.2, -0.15) is 5.10 Å². The van der Waals surface area contributed by atoms with Gasteiger partial charge in [-0.3, -0.25) is 10.2 Å². The number of amidine groups is 1. The van der Waals surface area contributed by atoms with Gasteiger partial charge in [0.15, 0.2) is 9.62 Å². The average Bonchev–Trinajstić information content (AvgIpc) is 3.18. The van der Waals surface area contributed by atoms with Crippen LogP contribution >= 0.6 is 34.5 Å². The molecule has 1 atom stereocenters. The Morgan fingerprint density at radius 1 is 1.36 bits per heavy atom. The van der Waals surface area contributed by atoms with E-state index in [1.165, 1.54) is 11.3 Å². The number of rotatable bonds is 2. The molecule has 1 aromatic heterocycles. The first-order chi connectivity index (χ1) is 12.1. The van der Waals surface area contributed by atoms with Crippen LogP contribution in [0.25, 0.3) is 0 Å². The molecule has 0 radical (unpaired) electrons. The van der Waals surface area contributed by atoms with Crippen molar-refractivity contribution in [2.45, 2.75) is 18.9 Å². The van der Waals surface area contributed by atoms with Gasteiger partial charge in [0.1, 0.15) is 5.84 Å². The number of nitrogens with zero attached hydrogens (tertiary/aromatic N) is 4. The number of hydrazone groups is 1. The molecule has 0 spiro atoms.